The second kappa shape index (κ2) is 16.2. The minimum Gasteiger partial charge on any atom is -0.462 e. The van der Waals surface area contributed by atoms with E-state index in [4.69, 9.17) is 18.5 Å². The molecule has 0 bridgehead atoms. The molecular weight excluding hydrogens is 497 g/mol. The first-order valence-corrected chi connectivity index (χ1v) is 13.5. The predicted molar refractivity (Wildman–Crippen MR) is 134 cm³/mol. The summed E-state index contributed by atoms with van der Waals surface area (Å²) >= 11 is 1.20. The second-order valence-corrected chi connectivity index (χ2v) is 11.5. The topological polar surface area (TPSA) is 132 Å². The van der Waals surface area contributed by atoms with Gasteiger partial charge in [0.2, 0.25) is 6.41 Å². The molecule has 0 radical (unpaired) electrons. The molecule has 1 aliphatic heterocycles. The fraction of sp³-hybridized carbons (Fsp3) is 0.727. The highest BCUT2D eigenvalue weighted by molar-refractivity contribution is 8.13. The van der Waals surface area contributed by atoms with Gasteiger partial charge >= 0.3 is 5.97 Å². The largest absolute Gasteiger partial charge is 0.462 e. The number of esters is 1. The van der Waals surface area contributed by atoms with Crippen LogP contribution in [-0.4, -0.2) is 79.3 Å². The Morgan fingerprint density at radius 2 is 1.94 bits per heavy atom. The Balaban J connectivity index is 2.52. The Morgan fingerprint density at radius 3 is 2.57 bits per heavy atom. The summed E-state index contributed by atoms with van der Waals surface area (Å²) in [6.45, 7) is 9.58. The van der Waals surface area contributed by atoms with Gasteiger partial charge in [-0.25, -0.2) is 5.09 Å². The second-order valence-electron chi connectivity index (χ2n) is 9.04. The number of nitrogens with one attached hydrogen (secondary N) is 2. The number of nitrogens with zero attached hydrogens (tertiary/aromatic N) is 1. The van der Waals surface area contributed by atoms with E-state index in [0.717, 1.165) is 12.8 Å². The third kappa shape index (κ3) is 13.9. The molecule has 1 heterocycles. The molecule has 2 unspecified atom stereocenters. The van der Waals surface area contributed by atoms with Crippen molar-refractivity contribution >= 4 is 43.7 Å². The quantitative estimate of drug-likeness (QED) is 0.105. The number of hydrogen-bond donors (Lipinski definition) is 2. The summed E-state index contributed by atoms with van der Waals surface area (Å²) in [7, 11) is 0.159. The van der Waals surface area contributed by atoms with E-state index < -0.39 is 25.8 Å². The molecule has 1 saturated heterocycles. The van der Waals surface area contributed by atoms with Crippen LogP contribution in [-0.2, 0) is 37.7 Å². The lowest BCUT2D eigenvalue weighted by molar-refractivity contribution is -0.146. The molecule has 1 fully saturated rings. The van der Waals surface area contributed by atoms with Gasteiger partial charge in [0.05, 0.1) is 25.4 Å². The molecule has 0 saturated carbocycles. The maximum Gasteiger partial charge on any atom is 0.320 e. The minimum absolute atomic E-state index is 0.0670. The number of hydrogen-bond acceptors (Lipinski definition) is 11. The first kappa shape index (κ1) is 31.5. The molecule has 2 N–H and O–H groups in total. The van der Waals surface area contributed by atoms with Gasteiger partial charge in [-0.05, 0) is 26.7 Å². The maximum absolute atomic E-state index is 12.1. The first-order valence-electron chi connectivity index (χ1n) is 11.4. The number of carbonyl (C=O) groups is 4. The van der Waals surface area contributed by atoms with Crippen LogP contribution in [0.1, 0.15) is 47.5 Å². The molecule has 11 nitrogen and oxygen atoms in total. The van der Waals surface area contributed by atoms with E-state index in [1.54, 1.807) is 32.0 Å². The Hall–Kier alpha value is -1.56. The van der Waals surface area contributed by atoms with Gasteiger partial charge in [-0.2, -0.15) is 0 Å². The maximum atomic E-state index is 12.1. The number of imide groups is 1. The average Bonchev–Trinajstić information content (AvgIpc) is 3.24. The first-order chi connectivity index (χ1) is 16.4. The molecule has 1 rings (SSSR count). The van der Waals surface area contributed by atoms with Crippen molar-refractivity contribution in [2.45, 2.75) is 65.9 Å². The van der Waals surface area contributed by atoms with Gasteiger partial charge in [0.1, 0.15) is 12.8 Å². The van der Waals surface area contributed by atoms with Gasteiger partial charge in [-0.15, -0.1) is 0 Å². The van der Waals surface area contributed by atoms with E-state index >= 15 is 0 Å². The van der Waals surface area contributed by atoms with Crippen molar-refractivity contribution in [2.24, 2.45) is 5.41 Å². The van der Waals surface area contributed by atoms with Crippen LogP contribution in [0.4, 0.5) is 0 Å². The standard InChI is InChI=1S/C22H38N3O8PS/c1-16(2)32-20(28)13-24-34(30-11-12-35-21(29)22(3,4)5)31-14-17-7-8-19(33-17)25(6)10-9-18(27)23-15-26/h9-10,15-17,19,24H,7-8,11-14H2,1-6H3,(H,23,26,27)/b10-9-/t17?,19?,34-/m0/s1. The summed E-state index contributed by atoms with van der Waals surface area (Å²) in [6, 6.07) is 0. The third-order valence-electron chi connectivity index (χ3n) is 4.44. The van der Waals surface area contributed by atoms with Gasteiger partial charge < -0.3 is 23.4 Å². The molecule has 2 amide bonds. The predicted octanol–water partition coefficient (Wildman–Crippen LogP) is 2.32. The highest BCUT2D eigenvalue weighted by Gasteiger charge is 2.29. The molecule has 35 heavy (non-hydrogen) atoms. The van der Waals surface area contributed by atoms with E-state index in [1.807, 2.05) is 26.1 Å². The Morgan fingerprint density at radius 1 is 1.23 bits per heavy atom. The summed E-state index contributed by atoms with van der Waals surface area (Å²) in [5, 5.41) is 5.06. The highest BCUT2D eigenvalue weighted by atomic mass is 32.2. The molecular formula is C22H38N3O8PS. The molecule has 3 atom stereocenters. The van der Waals surface area contributed by atoms with Crippen LogP contribution >= 0.6 is 20.3 Å². The summed E-state index contributed by atoms with van der Waals surface area (Å²) in [4.78, 5) is 47.4. The van der Waals surface area contributed by atoms with Crippen molar-refractivity contribution in [3.8, 4) is 0 Å². The van der Waals surface area contributed by atoms with Gasteiger partial charge in [0.25, 0.3) is 14.4 Å². The molecule has 1 aliphatic rings. The third-order valence-corrected chi connectivity index (χ3v) is 6.90. The van der Waals surface area contributed by atoms with Crippen LogP contribution in [0.2, 0.25) is 0 Å². The fourth-order valence-corrected chi connectivity index (χ4v) is 4.66. The average molecular weight is 536 g/mol. The van der Waals surface area contributed by atoms with Gasteiger partial charge in [-0.3, -0.25) is 24.5 Å². The van der Waals surface area contributed by atoms with Crippen LogP contribution in [0, 0.1) is 5.41 Å². The van der Waals surface area contributed by atoms with Crippen molar-refractivity contribution in [3.63, 3.8) is 0 Å². The highest BCUT2D eigenvalue weighted by Crippen LogP contribution is 2.35. The molecule has 0 aromatic heterocycles. The SMILES string of the molecule is CC(C)OC(=O)CN[P@@](OCCSC(=O)C(C)(C)C)OCC1CCC(N(C)/C=C\C(=O)NC=O)O1. The van der Waals surface area contributed by atoms with Crippen LogP contribution in [0.3, 0.4) is 0 Å². The molecule has 0 aromatic rings. The Bertz CT molecular complexity index is 732. The van der Waals surface area contributed by atoms with E-state index in [0.29, 0.717) is 12.2 Å². The lowest BCUT2D eigenvalue weighted by Crippen LogP contribution is -2.29. The number of thioether (sulfide) groups is 1. The van der Waals surface area contributed by atoms with Crippen molar-refractivity contribution in [1.82, 2.24) is 15.3 Å². The monoisotopic (exact) mass is 535 g/mol. The Kier molecular flexibility index (Phi) is 14.6. The van der Waals surface area contributed by atoms with Crippen molar-refractivity contribution in [1.29, 1.82) is 0 Å². The fourth-order valence-electron chi connectivity index (χ4n) is 2.68. The van der Waals surface area contributed by atoms with E-state index in [9.17, 15) is 19.2 Å². The zero-order chi connectivity index (χ0) is 26.4. The van der Waals surface area contributed by atoms with E-state index in [2.05, 4.69) is 5.09 Å². The van der Waals surface area contributed by atoms with Crippen molar-refractivity contribution in [3.05, 3.63) is 12.3 Å². The molecule has 0 aromatic carbocycles. The summed E-state index contributed by atoms with van der Waals surface area (Å²) in [6.07, 6.45) is 3.90. The van der Waals surface area contributed by atoms with Crippen molar-refractivity contribution in [2.75, 3.05) is 32.6 Å². The number of amides is 2. The van der Waals surface area contributed by atoms with Crippen LogP contribution in [0.25, 0.3) is 0 Å². The van der Waals surface area contributed by atoms with Gasteiger partial charge in [0.15, 0.2) is 5.12 Å². The zero-order valence-corrected chi connectivity index (χ0v) is 23.0. The summed E-state index contributed by atoms with van der Waals surface area (Å²) in [5.74, 6) is -0.467. The minimum atomic E-state index is -1.61. The van der Waals surface area contributed by atoms with Gasteiger partial charge in [-0.1, -0.05) is 32.5 Å². The van der Waals surface area contributed by atoms with Crippen LogP contribution in [0.15, 0.2) is 12.3 Å². The molecule has 0 aliphatic carbocycles. The lowest BCUT2D eigenvalue weighted by atomic mass is 10.00. The normalized spacial score (nSPS) is 19.1. The van der Waals surface area contributed by atoms with Crippen molar-refractivity contribution < 1.29 is 37.7 Å². The van der Waals surface area contributed by atoms with E-state index in [-0.39, 0.29) is 43.3 Å². The van der Waals surface area contributed by atoms with E-state index in [1.165, 1.54) is 17.8 Å². The summed E-state index contributed by atoms with van der Waals surface area (Å²) in [5.41, 5.74) is -0.429. The Labute approximate surface area is 213 Å². The van der Waals surface area contributed by atoms with Crippen LogP contribution in [0.5, 0.6) is 0 Å². The zero-order valence-electron chi connectivity index (χ0n) is 21.3. The van der Waals surface area contributed by atoms with Crippen LogP contribution < -0.4 is 10.4 Å². The molecule has 0 spiro atoms. The molecule has 200 valence electrons. The number of ether oxygens (including phenoxy) is 2. The molecule has 13 heteroatoms. The summed E-state index contributed by atoms with van der Waals surface area (Å²) < 4.78 is 22.8. The smallest absolute Gasteiger partial charge is 0.320 e. The number of rotatable bonds is 15. The number of carbonyl (C=O) groups excluding carboxylic acids is 4. The lowest BCUT2D eigenvalue weighted by Gasteiger charge is -2.24. The van der Waals surface area contributed by atoms with Gasteiger partial charge in [0, 0.05) is 30.5 Å².